The summed E-state index contributed by atoms with van der Waals surface area (Å²) < 4.78 is 0. The Labute approximate surface area is 121 Å². The molecule has 0 spiro atoms. The Morgan fingerprint density at radius 2 is 1.75 bits per heavy atom. The summed E-state index contributed by atoms with van der Waals surface area (Å²) in [4.78, 5) is 4.62. The molecule has 0 saturated carbocycles. The molecule has 4 heteroatoms. The normalized spacial score (nSPS) is 19.1. The molecular weight excluding hydrogens is 252 g/mol. The van der Waals surface area contributed by atoms with Crippen LogP contribution in [0.3, 0.4) is 0 Å². The number of hydrogen-bond donors (Lipinski definition) is 2. The molecule has 1 aliphatic rings. The van der Waals surface area contributed by atoms with Crippen LogP contribution in [0.1, 0.15) is 32.4 Å². The molecule has 2 rings (SSSR count). The number of para-hydroxylation sites is 1. The number of β-amino-alcohol motifs (C(OH)–C–C–N with tert-alkyl or cyclic N) is 1. The van der Waals surface area contributed by atoms with E-state index in [1.54, 1.807) is 0 Å². The maximum absolute atomic E-state index is 9.88. The fourth-order valence-corrected chi connectivity index (χ4v) is 2.82. The van der Waals surface area contributed by atoms with E-state index in [1.807, 2.05) is 39.0 Å². The second kappa shape index (κ2) is 6.12. The van der Waals surface area contributed by atoms with E-state index in [9.17, 15) is 10.2 Å². The molecule has 1 fully saturated rings. The highest BCUT2D eigenvalue weighted by Gasteiger charge is 2.24. The molecule has 0 amide bonds. The second-order valence-electron chi connectivity index (χ2n) is 6.31. The predicted molar refractivity (Wildman–Crippen MR) is 82.0 cm³/mol. The number of piperazine rings is 1. The topological polar surface area (TPSA) is 46.9 Å². The summed E-state index contributed by atoms with van der Waals surface area (Å²) in [5.41, 5.74) is 1.48. The Kier molecular flexibility index (Phi) is 4.68. The van der Waals surface area contributed by atoms with Gasteiger partial charge in [0.2, 0.25) is 0 Å². The average Bonchev–Trinajstić information content (AvgIpc) is 2.38. The van der Waals surface area contributed by atoms with Crippen molar-refractivity contribution in [3.8, 4) is 0 Å². The van der Waals surface area contributed by atoms with Crippen molar-refractivity contribution in [1.82, 2.24) is 4.90 Å². The van der Waals surface area contributed by atoms with E-state index in [0.717, 1.165) is 37.4 Å². The number of aliphatic hydroxyl groups excluding tert-OH is 1. The fourth-order valence-electron chi connectivity index (χ4n) is 2.82. The Balaban J connectivity index is 2.01. The quantitative estimate of drug-likeness (QED) is 0.879. The zero-order valence-electron chi connectivity index (χ0n) is 12.7. The van der Waals surface area contributed by atoms with Crippen LogP contribution < -0.4 is 4.90 Å². The Hall–Kier alpha value is -1.10. The first kappa shape index (κ1) is 15.3. The number of nitrogens with zero attached hydrogens (tertiary/aromatic N) is 2. The number of aliphatic hydroxyl groups is 2. The van der Waals surface area contributed by atoms with E-state index in [4.69, 9.17) is 0 Å². The van der Waals surface area contributed by atoms with Crippen molar-refractivity contribution in [2.45, 2.75) is 32.5 Å². The SMILES string of the molecule is C[C@H](O)c1ccccc1N1CCN(CC(C)(C)O)CC1. The molecule has 0 unspecified atom stereocenters. The van der Waals surface area contributed by atoms with Crippen molar-refractivity contribution >= 4 is 5.69 Å². The molecule has 0 aromatic heterocycles. The first-order chi connectivity index (χ1) is 9.37. The van der Waals surface area contributed by atoms with Crippen LogP contribution in [0.4, 0.5) is 5.69 Å². The van der Waals surface area contributed by atoms with Gasteiger partial charge in [0.1, 0.15) is 0 Å². The molecule has 112 valence electrons. The molecule has 1 atom stereocenters. The maximum Gasteiger partial charge on any atom is 0.0781 e. The summed E-state index contributed by atoms with van der Waals surface area (Å²) in [7, 11) is 0. The lowest BCUT2D eigenvalue weighted by atomic mass is 10.1. The third-order valence-corrected chi connectivity index (χ3v) is 3.71. The maximum atomic E-state index is 9.88. The van der Waals surface area contributed by atoms with Gasteiger partial charge >= 0.3 is 0 Å². The lowest BCUT2D eigenvalue weighted by Gasteiger charge is -2.39. The molecule has 0 bridgehead atoms. The Morgan fingerprint density at radius 1 is 1.15 bits per heavy atom. The molecule has 1 heterocycles. The van der Waals surface area contributed by atoms with Gasteiger partial charge in [0.05, 0.1) is 11.7 Å². The van der Waals surface area contributed by atoms with Gasteiger partial charge in [0.25, 0.3) is 0 Å². The van der Waals surface area contributed by atoms with Crippen molar-refractivity contribution < 1.29 is 10.2 Å². The number of benzene rings is 1. The number of anilines is 1. The van der Waals surface area contributed by atoms with Crippen LogP contribution in [-0.4, -0.2) is 53.4 Å². The lowest BCUT2D eigenvalue weighted by Crippen LogP contribution is -2.50. The molecule has 4 nitrogen and oxygen atoms in total. The second-order valence-corrected chi connectivity index (χ2v) is 6.31. The zero-order chi connectivity index (χ0) is 14.8. The third kappa shape index (κ3) is 3.95. The van der Waals surface area contributed by atoms with E-state index in [1.165, 1.54) is 0 Å². The monoisotopic (exact) mass is 278 g/mol. The molecule has 0 aliphatic carbocycles. The van der Waals surface area contributed by atoms with Crippen molar-refractivity contribution in [2.24, 2.45) is 0 Å². The molecule has 20 heavy (non-hydrogen) atoms. The van der Waals surface area contributed by atoms with E-state index in [2.05, 4.69) is 15.9 Å². The van der Waals surface area contributed by atoms with Crippen LogP contribution in [-0.2, 0) is 0 Å². The minimum absolute atomic E-state index is 0.444. The van der Waals surface area contributed by atoms with Gasteiger partial charge in [-0.2, -0.15) is 0 Å². The molecule has 0 radical (unpaired) electrons. The van der Waals surface area contributed by atoms with Gasteiger partial charge in [-0.15, -0.1) is 0 Å². The lowest BCUT2D eigenvalue weighted by molar-refractivity contribution is 0.0345. The summed E-state index contributed by atoms with van der Waals surface area (Å²) in [6, 6.07) is 8.05. The van der Waals surface area contributed by atoms with Gasteiger partial charge in [-0.25, -0.2) is 0 Å². The summed E-state index contributed by atoms with van der Waals surface area (Å²) in [6.45, 7) is 9.96. The highest BCUT2D eigenvalue weighted by atomic mass is 16.3. The number of rotatable bonds is 4. The first-order valence-electron chi connectivity index (χ1n) is 7.33. The van der Waals surface area contributed by atoms with Gasteiger partial charge in [0, 0.05) is 44.0 Å². The van der Waals surface area contributed by atoms with Gasteiger partial charge in [0.15, 0.2) is 0 Å². The van der Waals surface area contributed by atoms with Gasteiger partial charge < -0.3 is 15.1 Å². The predicted octanol–water partition coefficient (Wildman–Crippen LogP) is 1.63. The summed E-state index contributed by atoms with van der Waals surface area (Å²) in [5, 5.41) is 19.8. The summed E-state index contributed by atoms with van der Waals surface area (Å²) >= 11 is 0. The molecule has 2 N–H and O–H groups in total. The highest BCUT2D eigenvalue weighted by molar-refractivity contribution is 5.54. The van der Waals surface area contributed by atoms with Crippen LogP contribution in [0, 0.1) is 0 Å². The standard InChI is InChI=1S/C16H26N2O2/c1-13(19)14-6-4-5-7-15(14)18-10-8-17(9-11-18)12-16(2,3)20/h4-7,13,19-20H,8-12H2,1-3H3/t13-/m0/s1. The largest absolute Gasteiger partial charge is 0.389 e. The first-order valence-corrected chi connectivity index (χ1v) is 7.33. The van der Waals surface area contributed by atoms with E-state index in [-0.39, 0.29) is 0 Å². The molecule has 1 aromatic carbocycles. The summed E-state index contributed by atoms with van der Waals surface area (Å²) in [5.74, 6) is 0. The Morgan fingerprint density at radius 3 is 2.30 bits per heavy atom. The van der Waals surface area contributed by atoms with Gasteiger partial charge in [-0.3, -0.25) is 4.90 Å². The average molecular weight is 278 g/mol. The van der Waals surface area contributed by atoms with E-state index in [0.29, 0.717) is 6.54 Å². The van der Waals surface area contributed by atoms with Crippen LogP contribution in [0.15, 0.2) is 24.3 Å². The minimum Gasteiger partial charge on any atom is -0.389 e. The van der Waals surface area contributed by atoms with Crippen molar-refractivity contribution in [3.05, 3.63) is 29.8 Å². The summed E-state index contributed by atoms with van der Waals surface area (Å²) in [6.07, 6.45) is -0.444. The van der Waals surface area contributed by atoms with Crippen molar-refractivity contribution in [2.75, 3.05) is 37.6 Å². The smallest absolute Gasteiger partial charge is 0.0781 e. The van der Waals surface area contributed by atoms with Crippen molar-refractivity contribution in [3.63, 3.8) is 0 Å². The van der Waals surface area contributed by atoms with Crippen LogP contribution >= 0.6 is 0 Å². The molecular formula is C16H26N2O2. The molecule has 1 saturated heterocycles. The highest BCUT2D eigenvalue weighted by Crippen LogP contribution is 2.27. The zero-order valence-corrected chi connectivity index (χ0v) is 12.7. The molecule has 1 aromatic rings. The Bertz CT molecular complexity index is 432. The van der Waals surface area contributed by atoms with Crippen LogP contribution in [0.5, 0.6) is 0 Å². The van der Waals surface area contributed by atoms with Gasteiger partial charge in [-0.05, 0) is 26.8 Å². The minimum atomic E-state index is -0.639. The third-order valence-electron chi connectivity index (χ3n) is 3.71. The van der Waals surface area contributed by atoms with Gasteiger partial charge in [-0.1, -0.05) is 18.2 Å². The van der Waals surface area contributed by atoms with E-state index >= 15 is 0 Å². The van der Waals surface area contributed by atoms with Crippen LogP contribution in [0.2, 0.25) is 0 Å². The molecule has 1 aliphatic heterocycles. The van der Waals surface area contributed by atoms with E-state index < -0.39 is 11.7 Å². The van der Waals surface area contributed by atoms with Crippen molar-refractivity contribution in [1.29, 1.82) is 0 Å². The fraction of sp³-hybridized carbons (Fsp3) is 0.625. The van der Waals surface area contributed by atoms with Crippen LogP contribution in [0.25, 0.3) is 0 Å². The number of hydrogen-bond acceptors (Lipinski definition) is 4.